The van der Waals surface area contributed by atoms with Crippen LogP contribution in [0.15, 0.2) is 40.2 Å². The third-order valence-electron chi connectivity index (χ3n) is 8.15. The molecule has 5 heterocycles. The number of hydrogen-bond acceptors (Lipinski definition) is 7. The normalized spacial score (nSPS) is 20.7. The SMILES string of the molecule is Cn1c(=O)c(=O)n(C2CCN(c3ncc(CN4CC5(CCOCC5)C4)cn3)CC2)c2ccc(Cl)cc21. The van der Waals surface area contributed by atoms with E-state index in [-0.39, 0.29) is 6.04 Å². The second-order valence-corrected chi connectivity index (χ2v) is 11.0. The van der Waals surface area contributed by atoms with Crippen molar-refractivity contribution >= 4 is 28.6 Å². The second kappa shape index (κ2) is 9.28. The summed E-state index contributed by atoms with van der Waals surface area (Å²) in [6, 6.07) is 5.27. The van der Waals surface area contributed by atoms with Gasteiger partial charge in [0.1, 0.15) is 0 Å². The van der Waals surface area contributed by atoms with Crippen LogP contribution in [0.4, 0.5) is 5.95 Å². The summed E-state index contributed by atoms with van der Waals surface area (Å²) in [5.41, 5.74) is 1.98. The van der Waals surface area contributed by atoms with Crippen LogP contribution in [0.1, 0.15) is 37.3 Å². The Morgan fingerprint density at radius 2 is 1.72 bits per heavy atom. The molecule has 0 saturated carbocycles. The summed E-state index contributed by atoms with van der Waals surface area (Å²) < 4.78 is 8.56. The first-order valence-corrected chi connectivity index (χ1v) is 13.1. The van der Waals surface area contributed by atoms with E-state index in [9.17, 15) is 9.59 Å². The Labute approximate surface area is 214 Å². The number of piperidine rings is 1. The first kappa shape index (κ1) is 23.6. The average Bonchev–Trinajstić information content (AvgIpc) is 2.88. The van der Waals surface area contributed by atoms with Gasteiger partial charge in [0, 0.05) is 87.4 Å². The summed E-state index contributed by atoms with van der Waals surface area (Å²) in [7, 11) is 1.61. The van der Waals surface area contributed by atoms with Gasteiger partial charge in [-0.1, -0.05) is 11.6 Å². The Morgan fingerprint density at radius 1 is 1.03 bits per heavy atom. The summed E-state index contributed by atoms with van der Waals surface area (Å²) in [4.78, 5) is 39.5. The van der Waals surface area contributed by atoms with E-state index in [1.165, 1.54) is 17.4 Å². The van der Waals surface area contributed by atoms with Gasteiger partial charge >= 0.3 is 11.1 Å². The van der Waals surface area contributed by atoms with Crippen molar-refractivity contribution in [2.75, 3.05) is 44.3 Å². The van der Waals surface area contributed by atoms with Crippen molar-refractivity contribution in [1.29, 1.82) is 0 Å². The summed E-state index contributed by atoms with van der Waals surface area (Å²) in [6.45, 7) is 6.37. The number of ether oxygens (including phenoxy) is 1. The summed E-state index contributed by atoms with van der Waals surface area (Å²) in [5, 5.41) is 0.537. The van der Waals surface area contributed by atoms with Gasteiger partial charge in [-0.3, -0.25) is 19.1 Å². The zero-order valence-corrected chi connectivity index (χ0v) is 21.3. The maximum absolute atomic E-state index is 12.9. The van der Waals surface area contributed by atoms with Crippen LogP contribution in [0.5, 0.6) is 0 Å². The zero-order chi connectivity index (χ0) is 24.9. The van der Waals surface area contributed by atoms with Crippen LogP contribution in [-0.4, -0.2) is 63.4 Å². The van der Waals surface area contributed by atoms with E-state index >= 15 is 0 Å². The molecular weight excluding hydrogens is 480 g/mol. The number of aromatic nitrogens is 4. The molecule has 1 aromatic carbocycles. The molecule has 0 bridgehead atoms. The molecule has 0 atom stereocenters. The van der Waals surface area contributed by atoms with Crippen molar-refractivity contribution in [3.05, 3.63) is 61.9 Å². The number of likely N-dealkylation sites (tertiary alicyclic amines) is 1. The highest BCUT2D eigenvalue weighted by Gasteiger charge is 2.43. The minimum atomic E-state index is -0.531. The maximum atomic E-state index is 12.9. The van der Waals surface area contributed by atoms with Crippen LogP contribution in [0.2, 0.25) is 5.02 Å². The van der Waals surface area contributed by atoms with Crippen molar-refractivity contribution < 1.29 is 4.74 Å². The highest BCUT2D eigenvalue weighted by Crippen LogP contribution is 2.40. The average molecular weight is 511 g/mol. The third-order valence-corrected chi connectivity index (χ3v) is 8.38. The van der Waals surface area contributed by atoms with Crippen molar-refractivity contribution in [3.8, 4) is 0 Å². The van der Waals surface area contributed by atoms with Gasteiger partial charge in [-0.2, -0.15) is 0 Å². The number of halogens is 1. The second-order valence-electron chi connectivity index (χ2n) is 10.5. The Hall–Kier alpha value is -2.75. The van der Waals surface area contributed by atoms with Crippen LogP contribution in [0, 0.1) is 5.41 Å². The van der Waals surface area contributed by atoms with Crippen molar-refractivity contribution in [1.82, 2.24) is 24.0 Å². The molecule has 2 aromatic heterocycles. The molecule has 1 spiro atoms. The zero-order valence-electron chi connectivity index (χ0n) is 20.5. The van der Waals surface area contributed by atoms with E-state index < -0.39 is 11.1 Å². The molecule has 3 fully saturated rings. The largest absolute Gasteiger partial charge is 0.381 e. The smallest absolute Gasteiger partial charge is 0.317 e. The molecule has 0 aliphatic carbocycles. The van der Waals surface area contributed by atoms with Gasteiger partial charge in [0.15, 0.2) is 0 Å². The molecule has 0 unspecified atom stereocenters. The molecule has 6 rings (SSSR count). The highest BCUT2D eigenvalue weighted by molar-refractivity contribution is 6.31. The lowest BCUT2D eigenvalue weighted by atomic mass is 9.73. The van der Waals surface area contributed by atoms with Gasteiger partial charge in [0.05, 0.1) is 11.0 Å². The number of hydrogen-bond donors (Lipinski definition) is 0. The lowest BCUT2D eigenvalue weighted by molar-refractivity contribution is -0.0839. The monoisotopic (exact) mass is 510 g/mol. The standard InChI is InChI=1S/C26H31ClN6O3/c1-30-22-12-19(27)2-3-21(22)33(24(35)23(30)34)20-4-8-32(9-5-20)25-28-13-18(14-29-25)15-31-16-26(17-31)6-10-36-11-7-26/h2-3,12-14,20H,4-11,15-17H2,1H3. The fourth-order valence-corrected chi connectivity index (χ4v) is 6.27. The Kier molecular flexibility index (Phi) is 6.09. The molecule has 3 aromatic rings. The Morgan fingerprint density at radius 3 is 2.42 bits per heavy atom. The topological polar surface area (TPSA) is 85.5 Å². The number of rotatable bonds is 4. The number of anilines is 1. The predicted molar refractivity (Wildman–Crippen MR) is 139 cm³/mol. The number of benzene rings is 1. The minimum Gasteiger partial charge on any atom is -0.381 e. The van der Waals surface area contributed by atoms with Crippen LogP contribution in [0.3, 0.4) is 0 Å². The molecule has 3 saturated heterocycles. The van der Waals surface area contributed by atoms with Crippen LogP contribution in [0.25, 0.3) is 11.0 Å². The van der Waals surface area contributed by atoms with E-state index in [1.807, 2.05) is 18.5 Å². The lowest BCUT2D eigenvalue weighted by Gasteiger charge is -2.52. The van der Waals surface area contributed by atoms with E-state index in [0.717, 1.165) is 75.8 Å². The molecule has 0 N–H and O–H groups in total. The molecule has 9 nitrogen and oxygen atoms in total. The summed E-state index contributed by atoms with van der Waals surface area (Å²) in [6.07, 6.45) is 7.67. The number of nitrogens with zero attached hydrogens (tertiary/aromatic N) is 6. The first-order chi connectivity index (χ1) is 17.4. The van der Waals surface area contributed by atoms with E-state index in [0.29, 0.717) is 16.0 Å². The molecule has 3 aliphatic heterocycles. The fraction of sp³-hybridized carbons (Fsp3) is 0.538. The third kappa shape index (κ3) is 4.23. The predicted octanol–water partition coefficient (Wildman–Crippen LogP) is 2.60. The van der Waals surface area contributed by atoms with E-state index in [2.05, 4.69) is 19.8 Å². The molecule has 36 heavy (non-hydrogen) atoms. The quantitative estimate of drug-likeness (QED) is 0.499. The summed E-state index contributed by atoms with van der Waals surface area (Å²) >= 11 is 6.16. The molecule has 0 amide bonds. The Bertz CT molecular complexity index is 1380. The van der Waals surface area contributed by atoms with Crippen molar-refractivity contribution in [2.45, 2.75) is 38.3 Å². The molecule has 3 aliphatic rings. The van der Waals surface area contributed by atoms with Crippen molar-refractivity contribution in [2.24, 2.45) is 12.5 Å². The molecule has 10 heteroatoms. The summed E-state index contributed by atoms with van der Waals surface area (Å²) in [5.74, 6) is 0.717. The van der Waals surface area contributed by atoms with Gasteiger partial charge in [-0.25, -0.2) is 9.97 Å². The van der Waals surface area contributed by atoms with E-state index in [4.69, 9.17) is 16.3 Å². The Balaban J connectivity index is 1.11. The van der Waals surface area contributed by atoms with Gasteiger partial charge < -0.3 is 14.2 Å². The van der Waals surface area contributed by atoms with Gasteiger partial charge in [0.2, 0.25) is 5.95 Å². The van der Waals surface area contributed by atoms with Crippen LogP contribution >= 0.6 is 11.6 Å². The van der Waals surface area contributed by atoms with Crippen LogP contribution in [-0.2, 0) is 18.3 Å². The molecule has 0 radical (unpaired) electrons. The maximum Gasteiger partial charge on any atom is 0.317 e. The van der Waals surface area contributed by atoms with Gasteiger partial charge in [-0.15, -0.1) is 0 Å². The first-order valence-electron chi connectivity index (χ1n) is 12.7. The van der Waals surface area contributed by atoms with E-state index in [1.54, 1.807) is 23.7 Å². The minimum absolute atomic E-state index is 0.0606. The molecular formula is C26H31ClN6O3. The number of aryl methyl sites for hydroxylation is 1. The van der Waals surface area contributed by atoms with Crippen molar-refractivity contribution in [3.63, 3.8) is 0 Å². The highest BCUT2D eigenvalue weighted by atomic mass is 35.5. The fourth-order valence-electron chi connectivity index (χ4n) is 6.11. The lowest BCUT2D eigenvalue weighted by Crippen LogP contribution is -2.57. The van der Waals surface area contributed by atoms with Gasteiger partial charge in [0.25, 0.3) is 0 Å². The number of fused-ring (bicyclic) bond motifs is 1. The van der Waals surface area contributed by atoms with Crippen LogP contribution < -0.4 is 16.0 Å². The van der Waals surface area contributed by atoms with Gasteiger partial charge in [-0.05, 0) is 43.9 Å². The molecule has 190 valence electrons.